The number of aromatic nitrogens is 2. The molecule has 25 heavy (non-hydrogen) atoms. The van der Waals surface area contributed by atoms with E-state index in [0.717, 1.165) is 67.8 Å². The summed E-state index contributed by atoms with van der Waals surface area (Å²) in [4.78, 5) is 18.8. The molecule has 0 aliphatic carbocycles. The number of carbonyl (C=O) groups excluding carboxylic acids is 1. The van der Waals surface area contributed by atoms with Crippen LogP contribution in [0.3, 0.4) is 0 Å². The molecular formula is C20H26N4O. The van der Waals surface area contributed by atoms with Crippen LogP contribution in [0.4, 0.5) is 5.69 Å². The van der Waals surface area contributed by atoms with Crippen LogP contribution in [0.15, 0.2) is 35.6 Å². The molecule has 0 saturated carbocycles. The molecule has 0 atom stereocenters. The predicted octanol–water partition coefficient (Wildman–Crippen LogP) is 4.35. The van der Waals surface area contributed by atoms with Crippen LogP contribution in [0, 0.1) is 0 Å². The lowest BCUT2D eigenvalue weighted by molar-refractivity contribution is -0.117. The first-order valence-corrected chi connectivity index (χ1v) is 9.16. The van der Waals surface area contributed by atoms with Crippen LogP contribution >= 0.6 is 0 Å². The van der Waals surface area contributed by atoms with Crippen LogP contribution in [-0.4, -0.2) is 28.5 Å². The summed E-state index contributed by atoms with van der Waals surface area (Å²) >= 11 is 0. The molecule has 0 spiro atoms. The fourth-order valence-electron chi connectivity index (χ4n) is 3.06. The summed E-state index contributed by atoms with van der Waals surface area (Å²) in [7, 11) is 0. The van der Waals surface area contributed by atoms with Crippen molar-refractivity contribution in [1.29, 1.82) is 0 Å². The number of ketones is 1. The minimum Gasteiger partial charge on any atom is -0.342 e. The smallest absolute Gasteiger partial charge is 0.129 e. The monoisotopic (exact) mass is 338 g/mol. The quantitative estimate of drug-likeness (QED) is 0.691. The summed E-state index contributed by atoms with van der Waals surface area (Å²) in [5.41, 5.74) is 3.33. The molecule has 132 valence electrons. The molecule has 0 fully saturated rings. The largest absolute Gasteiger partial charge is 0.342 e. The van der Waals surface area contributed by atoms with E-state index in [0.29, 0.717) is 12.2 Å². The van der Waals surface area contributed by atoms with Crippen LogP contribution < -0.4 is 5.01 Å². The van der Waals surface area contributed by atoms with Crippen molar-refractivity contribution in [2.24, 2.45) is 5.10 Å². The lowest BCUT2D eigenvalue weighted by Gasteiger charge is -2.13. The van der Waals surface area contributed by atoms with Gasteiger partial charge in [-0.15, -0.1) is 0 Å². The van der Waals surface area contributed by atoms with Crippen molar-refractivity contribution in [3.8, 4) is 11.3 Å². The molecule has 0 bridgehead atoms. The second kappa shape index (κ2) is 8.60. The van der Waals surface area contributed by atoms with Gasteiger partial charge in [-0.25, -0.2) is 4.98 Å². The Morgan fingerprint density at radius 3 is 2.68 bits per heavy atom. The Labute approximate surface area is 149 Å². The average molecular weight is 338 g/mol. The molecule has 2 aromatic rings. The van der Waals surface area contributed by atoms with Gasteiger partial charge in [-0.05, 0) is 37.5 Å². The van der Waals surface area contributed by atoms with Crippen LogP contribution in [0.25, 0.3) is 11.3 Å². The molecule has 1 N–H and O–H groups in total. The highest BCUT2D eigenvalue weighted by Crippen LogP contribution is 2.23. The van der Waals surface area contributed by atoms with E-state index in [9.17, 15) is 4.79 Å². The Kier molecular flexibility index (Phi) is 5.99. The summed E-state index contributed by atoms with van der Waals surface area (Å²) in [6, 6.07) is 8.44. The summed E-state index contributed by atoms with van der Waals surface area (Å²) < 4.78 is 0. The maximum absolute atomic E-state index is 10.9. The van der Waals surface area contributed by atoms with E-state index in [4.69, 9.17) is 0 Å². The second-order valence-corrected chi connectivity index (χ2v) is 6.62. The maximum atomic E-state index is 10.9. The van der Waals surface area contributed by atoms with Gasteiger partial charge in [0.1, 0.15) is 11.6 Å². The lowest BCUT2D eigenvalue weighted by Crippen LogP contribution is -2.11. The molecule has 1 aromatic carbocycles. The fourth-order valence-corrected chi connectivity index (χ4v) is 3.06. The number of aromatic amines is 1. The number of carbonyl (C=O) groups is 1. The van der Waals surface area contributed by atoms with Crippen molar-refractivity contribution in [2.75, 3.05) is 11.6 Å². The first kappa shape index (κ1) is 17.4. The zero-order chi connectivity index (χ0) is 17.5. The van der Waals surface area contributed by atoms with Crippen molar-refractivity contribution in [1.82, 2.24) is 9.97 Å². The van der Waals surface area contributed by atoms with E-state index in [-0.39, 0.29) is 0 Å². The first-order chi connectivity index (χ1) is 12.2. The Balaban J connectivity index is 1.47. The third-order valence-corrected chi connectivity index (χ3v) is 4.49. The van der Waals surface area contributed by atoms with Gasteiger partial charge in [-0.3, -0.25) is 5.01 Å². The van der Waals surface area contributed by atoms with Gasteiger partial charge in [0.2, 0.25) is 0 Å². The van der Waals surface area contributed by atoms with Gasteiger partial charge in [0.25, 0.3) is 0 Å². The number of rotatable bonds is 9. The number of hydrogen-bond donors (Lipinski definition) is 1. The van der Waals surface area contributed by atoms with E-state index in [2.05, 4.69) is 39.3 Å². The number of benzene rings is 1. The highest BCUT2D eigenvalue weighted by atomic mass is 16.1. The Morgan fingerprint density at radius 2 is 1.96 bits per heavy atom. The molecule has 5 heteroatoms. The Bertz CT molecular complexity index is 718. The molecule has 1 aliphatic heterocycles. The number of hydrazone groups is 1. The van der Waals surface area contributed by atoms with Gasteiger partial charge in [0.05, 0.1) is 17.6 Å². The van der Waals surface area contributed by atoms with Gasteiger partial charge in [0.15, 0.2) is 0 Å². The Hall–Kier alpha value is -2.43. The van der Waals surface area contributed by atoms with Crippen LogP contribution in [-0.2, 0) is 11.2 Å². The molecule has 2 heterocycles. The van der Waals surface area contributed by atoms with Crippen molar-refractivity contribution >= 4 is 17.7 Å². The highest BCUT2D eigenvalue weighted by Gasteiger charge is 2.09. The SMILES string of the molecule is CC(=O)CCCCCCc1ncc(-c2ccc(N3CCC=N3)cc2)[nH]1. The van der Waals surface area contributed by atoms with Gasteiger partial charge < -0.3 is 9.78 Å². The van der Waals surface area contributed by atoms with E-state index in [1.807, 2.05) is 17.4 Å². The van der Waals surface area contributed by atoms with Gasteiger partial charge in [0, 0.05) is 32.0 Å². The summed E-state index contributed by atoms with van der Waals surface area (Å²) in [6.45, 7) is 2.62. The average Bonchev–Trinajstić information content (AvgIpc) is 3.30. The van der Waals surface area contributed by atoms with Crippen LogP contribution in [0.5, 0.6) is 0 Å². The molecule has 1 aromatic heterocycles. The van der Waals surface area contributed by atoms with Crippen molar-refractivity contribution in [2.45, 2.75) is 51.9 Å². The number of hydrogen-bond acceptors (Lipinski definition) is 4. The maximum Gasteiger partial charge on any atom is 0.129 e. The lowest BCUT2D eigenvalue weighted by atomic mass is 10.1. The predicted molar refractivity (Wildman–Crippen MR) is 102 cm³/mol. The van der Waals surface area contributed by atoms with Crippen molar-refractivity contribution in [3.05, 3.63) is 36.3 Å². The van der Waals surface area contributed by atoms with Gasteiger partial charge >= 0.3 is 0 Å². The number of nitrogens with one attached hydrogen (secondary N) is 1. The molecule has 0 radical (unpaired) electrons. The third-order valence-electron chi connectivity index (χ3n) is 4.49. The second-order valence-electron chi connectivity index (χ2n) is 6.62. The highest BCUT2D eigenvalue weighted by molar-refractivity contribution is 5.75. The van der Waals surface area contributed by atoms with E-state index in [1.54, 1.807) is 6.92 Å². The van der Waals surface area contributed by atoms with E-state index >= 15 is 0 Å². The number of nitrogens with zero attached hydrogens (tertiary/aromatic N) is 3. The molecule has 5 nitrogen and oxygen atoms in total. The molecule has 0 unspecified atom stereocenters. The van der Waals surface area contributed by atoms with E-state index < -0.39 is 0 Å². The topological polar surface area (TPSA) is 61.4 Å². The number of unbranched alkanes of at least 4 members (excludes halogenated alkanes) is 3. The first-order valence-electron chi connectivity index (χ1n) is 9.16. The van der Waals surface area contributed by atoms with Crippen molar-refractivity contribution in [3.63, 3.8) is 0 Å². The number of H-pyrrole nitrogens is 1. The third kappa shape index (κ3) is 5.02. The minimum absolute atomic E-state index is 0.290. The Morgan fingerprint density at radius 1 is 1.16 bits per heavy atom. The summed E-state index contributed by atoms with van der Waals surface area (Å²) in [6.07, 6.45) is 10.9. The normalized spacial score (nSPS) is 13.6. The van der Waals surface area contributed by atoms with E-state index in [1.165, 1.54) is 0 Å². The molecule has 0 saturated heterocycles. The van der Waals surface area contributed by atoms with Gasteiger partial charge in [-0.1, -0.05) is 25.0 Å². The standard InChI is InChI=1S/C20H26N4O/c1-16(25)7-4-2-3-5-8-20-21-15-19(23-20)17-9-11-18(12-10-17)24-14-6-13-22-24/h9-13,15H,2-8,14H2,1H3,(H,21,23). The van der Waals surface area contributed by atoms with Gasteiger partial charge in [-0.2, -0.15) is 5.10 Å². The fraction of sp³-hybridized carbons (Fsp3) is 0.450. The summed E-state index contributed by atoms with van der Waals surface area (Å²) in [5, 5.41) is 6.37. The number of imidazole rings is 1. The zero-order valence-corrected chi connectivity index (χ0v) is 14.9. The minimum atomic E-state index is 0.290. The molecule has 0 amide bonds. The van der Waals surface area contributed by atoms with Crippen LogP contribution in [0.2, 0.25) is 0 Å². The molecular weight excluding hydrogens is 312 g/mol. The van der Waals surface area contributed by atoms with Crippen LogP contribution in [0.1, 0.15) is 51.3 Å². The summed E-state index contributed by atoms with van der Waals surface area (Å²) in [5.74, 6) is 1.33. The van der Waals surface area contributed by atoms with Crippen molar-refractivity contribution < 1.29 is 4.79 Å². The molecule has 3 rings (SSSR count). The molecule has 1 aliphatic rings. The number of Topliss-reactive ketones (excluding diaryl/α,β-unsaturated/α-hetero) is 1. The number of anilines is 1. The zero-order valence-electron chi connectivity index (χ0n) is 14.9. The number of aryl methyl sites for hydroxylation is 1.